The lowest BCUT2D eigenvalue weighted by molar-refractivity contribution is 0.0683. The molecule has 0 rings (SSSR count). The molecule has 0 aliphatic rings. The maximum atomic E-state index is 12.7. The molecular weight excluding hydrogens is 264 g/mol. The SMILES string of the molecule is CCCCCCCCC(F)(F)S(=O)(=O)O.CNC. The predicted octanol–water partition coefficient (Wildman–Crippen LogP) is 3.05. The number of hydrogen-bond donors (Lipinski definition) is 2. The van der Waals surface area contributed by atoms with E-state index in [0.29, 0.717) is 6.42 Å². The smallest absolute Gasteiger partial charge is 0.323 e. The van der Waals surface area contributed by atoms with Crippen LogP contribution in [0.5, 0.6) is 0 Å². The quantitative estimate of drug-likeness (QED) is 0.532. The van der Waals surface area contributed by atoms with E-state index in [0.717, 1.165) is 25.7 Å². The Morgan fingerprint density at radius 1 is 1.06 bits per heavy atom. The Labute approximate surface area is 109 Å². The summed E-state index contributed by atoms with van der Waals surface area (Å²) in [5.74, 6) is 0. The fourth-order valence-electron chi connectivity index (χ4n) is 1.24. The standard InChI is InChI=1S/C9H18F2O3S.C2H7N/c1-2-3-4-5-6-7-8-9(10,11)15(12,13)14;1-3-2/h2-8H2,1H3,(H,12,13,14);3H,1-2H3. The molecule has 0 aromatic rings. The molecule has 4 nitrogen and oxygen atoms in total. The number of alkyl halides is 2. The zero-order valence-electron chi connectivity index (χ0n) is 11.4. The van der Waals surface area contributed by atoms with Gasteiger partial charge in [0.05, 0.1) is 0 Å². The minimum Gasteiger partial charge on any atom is -0.323 e. The van der Waals surface area contributed by atoms with Gasteiger partial charge in [-0.05, 0) is 20.5 Å². The first-order chi connectivity index (χ1) is 8.22. The van der Waals surface area contributed by atoms with Crippen LogP contribution in [0, 0.1) is 0 Å². The summed E-state index contributed by atoms with van der Waals surface area (Å²) >= 11 is 0. The summed E-state index contributed by atoms with van der Waals surface area (Å²) in [4.78, 5) is 0. The van der Waals surface area contributed by atoms with Crippen LogP contribution in [0.15, 0.2) is 0 Å². The third-order valence-electron chi connectivity index (χ3n) is 2.20. The van der Waals surface area contributed by atoms with Crippen LogP contribution in [-0.4, -0.2) is 32.3 Å². The third-order valence-corrected chi connectivity index (χ3v) is 3.16. The van der Waals surface area contributed by atoms with Crippen LogP contribution in [0.4, 0.5) is 8.78 Å². The molecule has 0 aliphatic heterocycles. The summed E-state index contributed by atoms with van der Waals surface area (Å²) in [5.41, 5.74) is 0. The molecule has 7 heteroatoms. The minimum absolute atomic E-state index is 0.122. The fraction of sp³-hybridized carbons (Fsp3) is 1.00. The molecule has 0 fully saturated rings. The van der Waals surface area contributed by atoms with Gasteiger partial charge in [0.25, 0.3) is 0 Å². The summed E-state index contributed by atoms with van der Waals surface area (Å²) in [6, 6.07) is 0. The lowest BCUT2D eigenvalue weighted by Gasteiger charge is -2.11. The van der Waals surface area contributed by atoms with Crippen molar-refractivity contribution in [2.45, 2.75) is 57.1 Å². The molecule has 0 radical (unpaired) electrons. The first kappa shape index (κ1) is 20.1. The van der Waals surface area contributed by atoms with Gasteiger partial charge in [-0.3, -0.25) is 4.55 Å². The summed E-state index contributed by atoms with van der Waals surface area (Å²) in [6.07, 6.45) is 3.85. The summed E-state index contributed by atoms with van der Waals surface area (Å²) < 4.78 is 54.0. The van der Waals surface area contributed by atoms with E-state index < -0.39 is 21.8 Å². The van der Waals surface area contributed by atoms with Gasteiger partial charge in [0.2, 0.25) is 0 Å². The van der Waals surface area contributed by atoms with Gasteiger partial charge < -0.3 is 5.32 Å². The van der Waals surface area contributed by atoms with Crippen molar-refractivity contribution in [3.8, 4) is 0 Å². The predicted molar refractivity (Wildman–Crippen MR) is 69.5 cm³/mol. The van der Waals surface area contributed by atoms with Crippen LogP contribution >= 0.6 is 0 Å². The van der Waals surface area contributed by atoms with Gasteiger partial charge in [-0.15, -0.1) is 0 Å². The van der Waals surface area contributed by atoms with E-state index in [1.807, 2.05) is 21.0 Å². The summed E-state index contributed by atoms with van der Waals surface area (Å²) in [5, 5.41) is -1.24. The number of nitrogens with one attached hydrogen (secondary N) is 1. The van der Waals surface area contributed by atoms with Gasteiger partial charge in [-0.2, -0.15) is 17.2 Å². The van der Waals surface area contributed by atoms with Crippen LogP contribution in [0.3, 0.4) is 0 Å². The highest BCUT2D eigenvalue weighted by atomic mass is 32.2. The monoisotopic (exact) mass is 289 g/mol. The van der Waals surface area contributed by atoms with Gasteiger partial charge in [0, 0.05) is 6.42 Å². The second kappa shape index (κ2) is 10.6. The fourth-order valence-corrected chi connectivity index (χ4v) is 1.64. The Hall–Kier alpha value is -0.270. The van der Waals surface area contributed by atoms with Crippen molar-refractivity contribution in [2.75, 3.05) is 14.1 Å². The van der Waals surface area contributed by atoms with E-state index in [-0.39, 0.29) is 6.42 Å². The van der Waals surface area contributed by atoms with Crippen molar-refractivity contribution >= 4 is 10.1 Å². The van der Waals surface area contributed by atoms with Gasteiger partial charge >= 0.3 is 15.4 Å². The lowest BCUT2D eigenvalue weighted by atomic mass is 10.1. The van der Waals surface area contributed by atoms with E-state index in [1.54, 1.807) is 0 Å². The Bertz CT molecular complexity index is 282. The number of unbranched alkanes of at least 4 members (excludes halogenated alkanes) is 5. The molecule has 0 atom stereocenters. The van der Waals surface area contributed by atoms with Crippen molar-refractivity contribution in [3.63, 3.8) is 0 Å². The number of rotatable bonds is 8. The van der Waals surface area contributed by atoms with Crippen LogP contribution in [-0.2, 0) is 10.1 Å². The van der Waals surface area contributed by atoms with Crippen molar-refractivity contribution in [2.24, 2.45) is 0 Å². The van der Waals surface area contributed by atoms with E-state index in [2.05, 4.69) is 5.32 Å². The molecule has 112 valence electrons. The highest BCUT2D eigenvalue weighted by Gasteiger charge is 2.42. The second-order valence-electron chi connectivity index (χ2n) is 4.13. The maximum Gasteiger partial charge on any atom is 0.370 e. The topological polar surface area (TPSA) is 66.4 Å². The van der Waals surface area contributed by atoms with Crippen LogP contribution in [0.1, 0.15) is 51.9 Å². The zero-order chi connectivity index (χ0) is 14.7. The van der Waals surface area contributed by atoms with Gasteiger partial charge in [0.15, 0.2) is 0 Å². The van der Waals surface area contributed by atoms with Crippen LogP contribution in [0.25, 0.3) is 0 Å². The largest absolute Gasteiger partial charge is 0.370 e. The molecule has 0 bridgehead atoms. The first-order valence-corrected chi connectivity index (χ1v) is 7.60. The molecule has 2 N–H and O–H groups in total. The number of hydrogen-bond acceptors (Lipinski definition) is 3. The Morgan fingerprint density at radius 3 is 1.83 bits per heavy atom. The molecular formula is C11H25F2NO3S. The van der Waals surface area contributed by atoms with Crippen molar-refractivity contribution in [1.82, 2.24) is 5.32 Å². The second-order valence-corrected chi connectivity index (χ2v) is 5.68. The molecule has 0 unspecified atom stereocenters. The summed E-state index contributed by atoms with van der Waals surface area (Å²) in [6.45, 7) is 2.05. The van der Waals surface area contributed by atoms with Crippen molar-refractivity contribution in [1.29, 1.82) is 0 Å². The minimum atomic E-state index is -5.23. The maximum absolute atomic E-state index is 12.7. The van der Waals surface area contributed by atoms with E-state index in [1.165, 1.54) is 0 Å². The lowest BCUT2D eigenvalue weighted by Crippen LogP contribution is -2.27. The Morgan fingerprint density at radius 2 is 1.44 bits per heavy atom. The average molecular weight is 289 g/mol. The van der Waals surface area contributed by atoms with E-state index in [9.17, 15) is 17.2 Å². The molecule has 0 aliphatic carbocycles. The molecule has 0 aromatic heterocycles. The van der Waals surface area contributed by atoms with E-state index >= 15 is 0 Å². The first-order valence-electron chi connectivity index (χ1n) is 6.16. The van der Waals surface area contributed by atoms with Gasteiger partial charge in [-0.1, -0.05) is 39.0 Å². The summed E-state index contributed by atoms with van der Waals surface area (Å²) in [7, 11) is -1.48. The third kappa shape index (κ3) is 10.9. The van der Waals surface area contributed by atoms with Crippen molar-refractivity contribution in [3.05, 3.63) is 0 Å². The van der Waals surface area contributed by atoms with Crippen molar-refractivity contribution < 1.29 is 21.8 Å². The molecule has 0 amide bonds. The highest BCUT2D eigenvalue weighted by Crippen LogP contribution is 2.27. The number of halogens is 2. The van der Waals surface area contributed by atoms with Gasteiger partial charge in [-0.25, -0.2) is 0 Å². The molecule has 0 aromatic carbocycles. The highest BCUT2D eigenvalue weighted by molar-refractivity contribution is 7.86. The Kier molecular flexibility index (Phi) is 11.8. The molecule has 0 saturated carbocycles. The van der Waals surface area contributed by atoms with Crippen LogP contribution < -0.4 is 5.32 Å². The molecule has 0 saturated heterocycles. The Balaban J connectivity index is 0. The average Bonchev–Trinajstić information content (AvgIpc) is 2.22. The van der Waals surface area contributed by atoms with E-state index in [4.69, 9.17) is 4.55 Å². The normalized spacial score (nSPS) is 11.9. The van der Waals surface area contributed by atoms with Crippen LogP contribution in [0.2, 0.25) is 0 Å². The molecule has 0 heterocycles. The molecule has 18 heavy (non-hydrogen) atoms. The zero-order valence-corrected chi connectivity index (χ0v) is 12.2. The molecule has 0 spiro atoms. The van der Waals surface area contributed by atoms with Gasteiger partial charge in [0.1, 0.15) is 0 Å².